The van der Waals surface area contributed by atoms with Crippen LogP contribution in [0.2, 0.25) is 5.02 Å². The van der Waals surface area contributed by atoms with Gasteiger partial charge in [0.25, 0.3) is 5.91 Å². The third-order valence-corrected chi connectivity index (χ3v) is 5.69. The molecule has 0 atom stereocenters. The molecule has 3 aromatic rings. The predicted octanol–water partition coefficient (Wildman–Crippen LogP) is 4.85. The summed E-state index contributed by atoms with van der Waals surface area (Å²) < 4.78 is 2.03. The monoisotopic (exact) mass is 518 g/mol. The van der Waals surface area contributed by atoms with Crippen LogP contribution in [0.1, 0.15) is 36.3 Å². The lowest BCUT2D eigenvalue weighted by molar-refractivity contribution is -0.136. The fourth-order valence-electron chi connectivity index (χ4n) is 3.09. The fraction of sp³-hybridized carbons (Fsp3) is 0.261. The SMILES string of the molecule is Cc1ccc(NC(=O)c2cc3cc(Cl)ccc3n2NC(=O)C(=O)NCCC(C)C)c(Br)c1. The molecule has 0 radical (unpaired) electrons. The molecule has 0 aliphatic carbocycles. The van der Waals surface area contributed by atoms with E-state index in [2.05, 4.69) is 32.0 Å². The van der Waals surface area contributed by atoms with Gasteiger partial charge in [-0.2, -0.15) is 0 Å². The third-order valence-electron chi connectivity index (χ3n) is 4.80. The molecule has 3 rings (SSSR count). The van der Waals surface area contributed by atoms with Gasteiger partial charge in [0, 0.05) is 21.4 Å². The van der Waals surface area contributed by atoms with Crippen molar-refractivity contribution in [3.63, 3.8) is 0 Å². The molecular formula is C23H24BrClN4O3. The minimum atomic E-state index is -0.869. The summed E-state index contributed by atoms with van der Waals surface area (Å²) in [5.41, 5.74) is 4.83. The van der Waals surface area contributed by atoms with E-state index in [4.69, 9.17) is 11.6 Å². The second-order valence-corrected chi connectivity index (χ2v) is 9.18. The number of nitrogens with zero attached hydrogens (tertiary/aromatic N) is 1. The van der Waals surface area contributed by atoms with Crippen LogP contribution in [0.4, 0.5) is 5.69 Å². The minimum absolute atomic E-state index is 0.151. The molecule has 168 valence electrons. The van der Waals surface area contributed by atoms with Crippen molar-refractivity contribution in [2.24, 2.45) is 5.92 Å². The summed E-state index contributed by atoms with van der Waals surface area (Å²) in [5.74, 6) is -1.70. The van der Waals surface area contributed by atoms with Gasteiger partial charge in [0.2, 0.25) is 0 Å². The van der Waals surface area contributed by atoms with Crippen molar-refractivity contribution in [2.45, 2.75) is 27.2 Å². The second-order valence-electron chi connectivity index (χ2n) is 7.88. The van der Waals surface area contributed by atoms with Crippen LogP contribution in [0.25, 0.3) is 10.9 Å². The average Bonchev–Trinajstić information content (AvgIpc) is 3.07. The van der Waals surface area contributed by atoms with Crippen LogP contribution in [0.5, 0.6) is 0 Å². The Kier molecular flexibility index (Phi) is 7.58. The second kappa shape index (κ2) is 10.2. The van der Waals surface area contributed by atoms with Crippen LogP contribution in [0, 0.1) is 12.8 Å². The van der Waals surface area contributed by atoms with Gasteiger partial charge in [-0.15, -0.1) is 0 Å². The average molecular weight is 520 g/mol. The summed E-state index contributed by atoms with van der Waals surface area (Å²) in [6.07, 6.45) is 0.753. The minimum Gasteiger partial charge on any atom is -0.348 e. The van der Waals surface area contributed by atoms with Crippen molar-refractivity contribution in [2.75, 3.05) is 17.3 Å². The molecule has 0 saturated carbocycles. The highest BCUT2D eigenvalue weighted by atomic mass is 79.9. The van der Waals surface area contributed by atoms with E-state index in [1.807, 2.05) is 32.9 Å². The molecule has 2 aromatic carbocycles. The molecular weight excluding hydrogens is 496 g/mol. The van der Waals surface area contributed by atoms with E-state index in [9.17, 15) is 14.4 Å². The third kappa shape index (κ3) is 5.69. The number of amides is 3. The van der Waals surface area contributed by atoms with Crippen LogP contribution in [-0.2, 0) is 9.59 Å². The molecule has 0 saturated heterocycles. The lowest BCUT2D eigenvalue weighted by Crippen LogP contribution is -2.40. The first-order chi connectivity index (χ1) is 15.2. The molecule has 0 aliphatic heterocycles. The summed E-state index contributed by atoms with van der Waals surface area (Å²) in [4.78, 5) is 37.8. The molecule has 0 bridgehead atoms. The van der Waals surface area contributed by atoms with E-state index in [1.54, 1.807) is 30.3 Å². The van der Waals surface area contributed by atoms with Crippen molar-refractivity contribution in [1.82, 2.24) is 9.99 Å². The summed E-state index contributed by atoms with van der Waals surface area (Å²) in [6.45, 7) is 6.39. The first-order valence-corrected chi connectivity index (χ1v) is 11.3. The molecule has 1 heterocycles. The number of carbonyl (C=O) groups is 3. The van der Waals surface area contributed by atoms with Crippen LogP contribution in [0.15, 0.2) is 46.9 Å². The van der Waals surface area contributed by atoms with Crippen molar-refractivity contribution in [3.8, 4) is 0 Å². The maximum absolute atomic E-state index is 13.1. The molecule has 7 nitrogen and oxygen atoms in total. The van der Waals surface area contributed by atoms with E-state index in [-0.39, 0.29) is 5.69 Å². The summed E-state index contributed by atoms with van der Waals surface area (Å²) in [5, 5.41) is 6.55. The molecule has 0 fully saturated rings. The molecule has 3 amide bonds. The maximum Gasteiger partial charge on any atom is 0.328 e. The number of nitrogens with one attached hydrogen (secondary N) is 3. The molecule has 32 heavy (non-hydrogen) atoms. The zero-order valence-corrected chi connectivity index (χ0v) is 20.3. The van der Waals surface area contributed by atoms with Gasteiger partial charge < -0.3 is 10.6 Å². The van der Waals surface area contributed by atoms with Crippen LogP contribution in [0.3, 0.4) is 0 Å². The number of fused-ring (bicyclic) bond motifs is 1. The van der Waals surface area contributed by atoms with E-state index in [1.165, 1.54) is 4.68 Å². The summed E-state index contributed by atoms with van der Waals surface area (Å²) >= 11 is 9.54. The van der Waals surface area contributed by atoms with Gasteiger partial charge in [-0.05, 0) is 77.2 Å². The maximum atomic E-state index is 13.1. The van der Waals surface area contributed by atoms with E-state index < -0.39 is 17.7 Å². The number of anilines is 1. The lowest BCUT2D eigenvalue weighted by atomic mass is 10.1. The molecule has 0 unspecified atom stereocenters. The number of carbonyl (C=O) groups excluding carboxylic acids is 3. The zero-order chi connectivity index (χ0) is 23.4. The van der Waals surface area contributed by atoms with Gasteiger partial charge in [0.1, 0.15) is 5.69 Å². The van der Waals surface area contributed by atoms with Gasteiger partial charge in [-0.25, -0.2) is 4.68 Å². The Balaban J connectivity index is 1.89. The van der Waals surface area contributed by atoms with Gasteiger partial charge in [-0.1, -0.05) is 31.5 Å². The van der Waals surface area contributed by atoms with Crippen LogP contribution < -0.4 is 16.1 Å². The Morgan fingerprint density at radius 3 is 2.50 bits per heavy atom. The number of benzene rings is 2. The lowest BCUT2D eigenvalue weighted by Gasteiger charge is -2.13. The number of hydrogen-bond acceptors (Lipinski definition) is 3. The number of aryl methyl sites for hydroxylation is 1. The highest BCUT2D eigenvalue weighted by Crippen LogP contribution is 2.26. The van der Waals surface area contributed by atoms with Crippen molar-refractivity contribution in [3.05, 3.63) is 63.2 Å². The quantitative estimate of drug-likeness (QED) is 0.407. The molecule has 3 N–H and O–H groups in total. The topological polar surface area (TPSA) is 92.2 Å². The largest absolute Gasteiger partial charge is 0.348 e. The Bertz CT molecular complexity index is 1190. The molecule has 1 aromatic heterocycles. The number of halogens is 2. The Morgan fingerprint density at radius 1 is 1.06 bits per heavy atom. The molecule has 0 aliphatic rings. The van der Waals surface area contributed by atoms with Crippen molar-refractivity contribution < 1.29 is 14.4 Å². The van der Waals surface area contributed by atoms with Crippen LogP contribution in [-0.4, -0.2) is 28.9 Å². The van der Waals surface area contributed by atoms with Crippen molar-refractivity contribution >= 4 is 61.8 Å². The van der Waals surface area contributed by atoms with Crippen molar-refractivity contribution in [1.29, 1.82) is 0 Å². The molecule has 0 spiro atoms. The fourth-order valence-corrected chi connectivity index (χ4v) is 3.86. The van der Waals surface area contributed by atoms with E-state index >= 15 is 0 Å². The first kappa shape index (κ1) is 23.8. The van der Waals surface area contributed by atoms with E-state index in [0.29, 0.717) is 34.1 Å². The Morgan fingerprint density at radius 2 is 1.81 bits per heavy atom. The smallest absolute Gasteiger partial charge is 0.328 e. The predicted molar refractivity (Wildman–Crippen MR) is 131 cm³/mol. The number of rotatable bonds is 6. The first-order valence-electron chi connectivity index (χ1n) is 10.1. The Labute approximate surface area is 199 Å². The highest BCUT2D eigenvalue weighted by molar-refractivity contribution is 9.10. The molecule has 9 heteroatoms. The number of aromatic nitrogens is 1. The van der Waals surface area contributed by atoms with Crippen LogP contribution >= 0.6 is 27.5 Å². The van der Waals surface area contributed by atoms with Gasteiger partial charge in [0.05, 0.1) is 11.2 Å². The van der Waals surface area contributed by atoms with Gasteiger partial charge >= 0.3 is 11.8 Å². The summed E-state index contributed by atoms with van der Waals surface area (Å²) in [7, 11) is 0. The van der Waals surface area contributed by atoms with Gasteiger partial charge in [0.15, 0.2) is 0 Å². The normalized spacial score (nSPS) is 10.9. The zero-order valence-electron chi connectivity index (χ0n) is 18.0. The highest BCUT2D eigenvalue weighted by Gasteiger charge is 2.21. The standard InChI is InChI=1S/C23H24BrClN4O3/c1-13(2)8-9-26-22(31)23(32)28-29-19-7-5-16(25)11-15(19)12-20(29)21(30)27-18-6-4-14(3)10-17(18)24/h4-7,10-13H,8-9H2,1-3H3,(H,26,31)(H,27,30)(H,28,32). The Hall–Kier alpha value is -2.84. The summed E-state index contributed by atoms with van der Waals surface area (Å²) in [6, 6.07) is 12.1. The number of hydrogen-bond donors (Lipinski definition) is 3. The van der Waals surface area contributed by atoms with Gasteiger partial charge in [-0.3, -0.25) is 19.8 Å². The van der Waals surface area contributed by atoms with E-state index in [0.717, 1.165) is 16.5 Å².